The Balaban J connectivity index is 2.09. The van der Waals surface area contributed by atoms with Gasteiger partial charge in [0.15, 0.2) is 11.6 Å². The van der Waals surface area contributed by atoms with Crippen LogP contribution in [-0.4, -0.2) is 11.6 Å². The molecule has 0 saturated carbocycles. The van der Waals surface area contributed by atoms with E-state index in [-0.39, 0.29) is 11.6 Å². The molecule has 0 bridgehead atoms. The summed E-state index contributed by atoms with van der Waals surface area (Å²) in [7, 11) is 0. The predicted molar refractivity (Wildman–Crippen MR) is 99.7 cm³/mol. The van der Waals surface area contributed by atoms with Crippen molar-refractivity contribution in [1.29, 1.82) is 0 Å². The van der Waals surface area contributed by atoms with Gasteiger partial charge in [0.1, 0.15) is 0 Å². The van der Waals surface area contributed by atoms with E-state index in [1.165, 1.54) is 0 Å². The number of carbonyl (C=O) groups is 2. The van der Waals surface area contributed by atoms with Crippen molar-refractivity contribution in [2.75, 3.05) is 5.73 Å². The van der Waals surface area contributed by atoms with Crippen molar-refractivity contribution in [3.63, 3.8) is 0 Å². The molecule has 0 radical (unpaired) electrons. The third-order valence-electron chi connectivity index (χ3n) is 4.58. The SMILES string of the molecule is C=Cc1ccccc1-c1c(N)ccc2c1C(=O)c1ccccc1C2=O. The number of carbonyl (C=O) groups excluding carboxylic acids is 2. The molecule has 1 aliphatic carbocycles. The van der Waals surface area contributed by atoms with Crippen LogP contribution in [0.3, 0.4) is 0 Å². The van der Waals surface area contributed by atoms with Gasteiger partial charge in [0.25, 0.3) is 0 Å². The number of fused-ring (bicyclic) bond motifs is 2. The highest BCUT2D eigenvalue weighted by Gasteiger charge is 2.32. The monoisotopic (exact) mass is 325 g/mol. The first kappa shape index (κ1) is 15.1. The number of nitrogen functional groups attached to an aromatic ring is 1. The normalized spacial score (nSPS) is 12.5. The minimum atomic E-state index is -0.175. The summed E-state index contributed by atoms with van der Waals surface area (Å²) in [6.07, 6.45) is 1.72. The second-order valence-electron chi connectivity index (χ2n) is 5.95. The van der Waals surface area contributed by atoms with Crippen molar-refractivity contribution in [3.8, 4) is 11.1 Å². The van der Waals surface area contributed by atoms with Crippen molar-refractivity contribution in [3.05, 3.63) is 95.1 Å². The Morgan fingerprint density at radius 3 is 1.96 bits per heavy atom. The van der Waals surface area contributed by atoms with Crippen molar-refractivity contribution >= 4 is 23.3 Å². The van der Waals surface area contributed by atoms with E-state index < -0.39 is 0 Å². The van der Waals surface area contributed by atoms with Crippen LogP contribution in [0.25, 0.3) is 17.2 Å². The lowest BCUT2D eigenvalue weighted by molar-refractivity contribution is 0.0979. The molecule has 0 fully saturated rings. The first-order valence-electron chi connectivity index (χ1n) is 7.96. The van der Waals surface area contributed by atoms with Gasteiger partial charge in [0.2, 0.25) is 0 Å². The minimum absolute atomic E-state index is 0.150. The molecule has 0 unspecified atom stereocenters. The third kappa shape index (κ3) is 2.13. The summed E-state index contributed by atoms with van der Waals surface area (Å²) in [5.74, 6) is -0.325. The lowest BCUT2D eigenvalue weighted by Crippen LogP contribution is -2.22. The van der Waals surface area contributed by atoms with E-state index in [2.05, 4.69) is 6.58 Å². The molecule has 0 aromatic heterocycles. The van der Waals surface area contributed by atoms with Crippen LogP contribution in [0, 0.1) is 0 Å². The van der Waals surface area contributed by atoms with E-state index in [0.29, 0.717) is 33.5 Å². The molecule has 4 rings (SSSR count). The highest BCUT2D eigenvalue weighted by Crippen LogP contribution is 2.39. The number of ketones is 2. The van der Waals surface area contributed by atoms with E-state index in [0.717, 1.165) is 11.1 Å². The van der Waals surface area contributed by atoms with Crippen LogP contribution in [0.4, 0.5) is 5.69 Å². The van der Waals surface area contributed by atoms with Crippen molar-refractivity contribution in [2.45, 2.75) is 0 Å². The number of nitrogens with two attached hydrogens (primary N) is 1. The van der Waals surface area contributed by atoms with Gasteiger partial charge in [-0.05, 0) is 23.3 Å². The highest BCUT2D eigenvalue weighted by molar-refractivity contribution is 6.31. The average Bonchev–Trinajstić information content (AvgIpc) is 2.66. The zero-order valence-electron chi connectivity index (χ0n) is 13.5. The molecule has 0 heterocycles. The number of anilines is 1. The van der Waals surface area contributed by atoms with Gasteiger partial charge >= 0.3 is 0 Å². The molecule has 3 heteroatoms. The van der Waals surface area contributed by atoms with Crippen LogP contribution in [0.5, 0.6) is 0 Å². The zero-order chi connectivity index (χ0) is 17.6. The van der Waals surface area contributed by atoms with Crippen LogP contribution in [0.15, 0.2) is 67.2 Å². The third-order valence-corrected chi connectivity index (χ3v) is 4.58. The maximum Gasteiger partial charge on any atom is 0.195 e. The molecule has 3 aromatic carbocycles. The molecule has 0 aliphatic heterocycles. The molecule has 0 saturated heterocycles. The fourth-order valence-electron chi connectivity index (χ4n) is 3.40. The molecule has 0 spiro atoms. The van der Waals surface area contributed by atoms with E-state index in [1.807, 2.05) is 24.3 Å². The summed E-state index contributed by atoms with van der Waals surface area (Å²) < 4.78 is 0. The smallest absolute Gasteiger partial charge is 0.195 e. The minimum Gasteiger partial charge on any atom is -0.398 e. The maximum absolute atomic E-state index is 13.2. The standard InChI is InChI=1S/C22H15NO2/c1-2-13-7-3-4-8-14(13)19-18(23)12-11-17-20(19)22(25)16-10-6-5-9-15(16)21(17)24/h2-12H,1,23H2. The summed E-state index contributed by atoms with van der Waals surface area (Å²) >= 11 is 0. The second kappa shape index (κ2) is 5.56. The first-order valence-corrected chi connectivity index (χ1v) is 7.96. The fourth-order valence-corrected chi connectivity index (χ4v) is 3.40. The lowest BCUT2D eigenvalue weighted by atomic mass is 9.79. The van der Waals surface area contributed by atoms with E-state index in [4.69, 9.17) is 5.73 Å². The van der Waals surface area contributed by atoms with Crippen LogP contribution < -0.4 is 5.73 Å². The zero-order valence-corrected chi connectivity index (χ0v) is 13.5. The van der Waals surface area contributed by atoms with Crippen molar-refractivity contribution < 1.29 is 9.59 Å². The molecule has 3 nitrogen and oxygen atoms in total. The molecule has 3 aromatic rings. The Labute approximate surface area is 145 Å². The molecule has 0 amide bonds. The van der Waals surface area contributed by atoms with Gasteiger partial charge in [-0.15, -0.1) is 0 Å². The van der Waals surface area contributed by atoms with E-state index in [1.54, 1.807) is 42.5 Å². The topological polar surface area (TPSA) is 60.2 Å². The van der Waals surface area contributed by atoms with Crippen LogP contribution in [0.1, 0.15) is 37.4 Å². The van der Waals surface area contributed by atoms with Gasteiger partial charge in [-0.25, -0.2) is 0 Å². The summed E-state index contributed by atoms with van der Waals surface area (Å²) in [6, 6.07) is 17.8. The van der Waals surface area contributed by atoms with Crippen LogP contribution >= 0.6 is 0 Å². The molecule has 25 heavy (non-hydrogen) atoms. The number of benzene rings is 3. The molecular formula is C22H15NO2. The van der Waals surface area contributed by atoms with Gasteiger partial charge in [0, 0.05) is 33.5 Å². The quantitative estimate of drug-likeness (QED) is 0.557. The van der Waals surface area contributed by atoms with E-state index in [9.17, 15) is 9.59 Å². The van der Waals surface area contributed by atoms with Gasteiger partial charge < -0.3 is 5.73 Å². The lowest BCUT2D eigenvalue weighted by Gasteiger charge is -2.22. The summed E-state index contributed by atoms with van der Waals surface area (Å²) in [5.41, 5.74) is 10.6. The largest absolute Gasteiger partial charge is 0.398 e. The first-order chi connectivity index (χ1) is 12.1. The van der Waals surface area contributed by atoms with Crippen molar-refractivity contribution in [2.24, 2.45) is 0 Å². The number of hydrogen-bond acceptors (Lipinski definition) is 3. The fraction of sp³-hybridized carbons (Fsp3) is 0. The van der Waals surface area contributed by atoms with Gasteiger partial charge in [-0.2, -0.15) is 0 Å². The Bertz CT molecular complexity index is 1060. The molecule has 2 N–H and O–H groups in total. The summed E-state index contributed by atoms with van der Waals surface area (Å²) in [5, 5.41) is 0. The van der Waals surface area contributed by atoms with Crippen molar-refractivity contribution in [1.82, 2.24) is 0 Å². The predicted octanol–water partition coefficient (Wildman–Crippen LogP) is 4.35. The summed E-state index contributed by atoms with van der Waals surface area (Å²) in [4.78, 5) is 26.1. The Morgan fingerprint density at radius 2 is 1.28 bits per heavy atom. The average molecular weight is 325 g/mol. The highest BCUT2D eigenvalue weighted by atomic mass is 16.1. The Kier molecular flexibility index (Phi) is 3.36. The maximum atomic E-state index is 13.2. The van der Waals surface area contributed by atoms with Crippen LogP contribution in [-0.2, 0) is 0 Å². The Morgan fingerprint density at radius 1 is 0.680 bits per heavy atom. The van der Waals surface area contributed by atoms with Gasteiger partial charge in [0.05, 0.1) is 0 Å². The number of hydrogen-bond donors (Lipinski definition) is 1. The Hall–Kier alpha value is -3.46. The molecule has 0 atom stereocenters. The van der Waals surface area contributed by atoms with Crippen LogP contribution in [0.2, 0.25) is 0 Å². The number of rotatable bonds is 2. The molecular weight excluding hydrogens is 310 g/mol. The van der Waals surface area contributed by atoms with Gasteiger partial charge in [-0.1, -0.05) is 61.2 Å². The summed E-state index contributed by atoms with van der Waals surface area (Å²) in [6.45, 7) is 3.84. The van der Waals surface area contributed by atoms with Gasteiger partial charge in [-0.3, -0.25) is 9.59 Å². The molecule has 120 valence electrons. The molecule has 1 aliphatic rings. The second-order valence-corrected chi connectivity index (χ2v) is 5.95. The van der Waals surface area contributed by atoms with E-state index >= 15 is 0 Å².